The van der Waals surface area contributed by atoms with Crippen molar-refractivity contribution in [3.63, 3.8) is 0 Å². The topological polar surface area (TPSA) is 75.3 Å². The van der Waals surface area contributed by atoms with E-state index in [1.54, 1.807) is 6.92 Å². The maximum atomic E-state index is 11.5. The molecule has 0 aromatic carbocycles. The van der Waals surface area contributed by atoms with E-state index in [0.717, 1.165) is 32.2 Å². The lowest BCUT2D eigenvalue weighted by molar-refractivity contribution is -0.124. The van der Waals surface area contributed by atoms with E-state index in [0.29, 0.717) is 6.42 Å². The Morgan fingerprint density at radius 1 is 1.31 bits per heavy atom. The fraction of sp³-hybridized carbons (Fsp3) is 0.917. The Hall–Kier alpha value is -0.610. The molecule has 4 nitrogen and oxygen atoms in total. The summed E-state index contributed by atoms with van der Waals surface area (Å²) in [6.45, 7) is 6.05. The Kier molecular flexibility index (Phi) is 7.34. The Balaban J connectivity index is 3.66. The molecule has 4 heteroatoms. The number of aliphatic hydroxyl groups excluding tert-OH is 1. The Bertz CT molecular complexity index is 203. The first-order valence-corrected chi connectivity index (χ1v) is 6.09. The van der Waals surface area contributed by atoms with Crippen molar-refractivity contribution in [1.82, 2.24) is 5.32 Å². The third kappa shape index (κ3) is 6.80. The predicted octanol–water partition coefficient (Wildman–Crippen LogP) is 1.17. The van der Waals surface area contributed by atoms with Crippen LogP contribution in [0, 0.1) is 0 Å². The molecule has 0 aliphatic rings. The zero-order valence-corrected chi connectivity index (χ0v) is 10.8. The maximum Gasteiger partial charge on any atom is 0.220 e. The summed E-state index contributed by atoms with van der Waals surface area (Å²) in [6.07, 6.45) is 4.03. The third-order valence-corrected chi connectivity index (χ3v) is 2.86. The van der Waals surface area contributed by atoms with Gasteiger partial charge in [-0.15, -0.1) is 0 Å². The summed E-state index contributed by atoms with van der Waals surface area (Å²) in [4.78, 5) is 11.5. The van der Waals surface area contributed by atoms with Gasteiger partial charge in [0.1, 0.15) is 0 Å². The summed E-state index contributed by atoms with van der Waals surface area (Å²) in [5.74, 6) is 0.0126. The quantitative estimate of drug-likeness (QED) is 0.548. The zero-order chi connectivity index (χ0) is 12.6. The van der Waals surface area contributed by atoms with Crippen LogP contribution in [0.15, 0.2) is 0 Å². The van der Waals surface area contributed by atoms with E-state index in [2.05, 4.69) is 5.32 Å². The van der Waals surface area contributed by atoms with Crippen molar-refractivity contribution in [2.45, 2.75) is 64.5 Å². The first kappa shape index (κ1) is 15.4. The second kappa shape index (κ2) is 7.63. The molecule has 96 valence electrons. The number of rotatable bonds is 8. The lowest BCUT2D eigenvalue weighted by Crippen LogP contribution is -2.50. The van der Waals surface area contributed by atoms with Crippen LogP contribution in [0.5, 0.6) is 0 Å². The van der Waals surface area contributed by atoms with Crippen LogP contribution < -0.4 is 11.1 Å². The molecule has 0 rings (SSSR count). The molecule has 0 radical (unpaired) electrons. The largest absolute Gasteiger partial charge is 0.391 e. The molecular formula is C12H26N2O2. The van der Waals surface area contributed by atoms with Crippen molar-refractivity contribution in [3.8, 4) is 0 Å². The van der Waals surface area contributed by atoms with Crippen molar-refractivity contribution in [3.05, 3.63) is 0 Å². The van der Waals surface area contributed by atoms with Gasteiger partial charge in [-0.05, 0) is 40.2 Å². The van der Waals surface area contributed by atoms with Crippen molar-refractivity contribution in [2.24, 2.45) is 5.73 Å². The van der Waals surface area contributed by atoms with Gasteiger partial charge in [0.15, 0.2) is 0 Å². The van der Waals surface area contributed by atoms with E-state index in [-0.39, 0.29) is 5.91 Å². The van der Waals surface area contributed by atoms with E-state index in [4.69, 9.17) is 5.73 Å². The number of hydrogen-bond acceptors (Lipinski definition) is 3. The van der Waals surface area contributed by atoms with Crippen LogP contribution in [0.3, 0.4) is 0 Å². The predicted molar refractivity (Wildman–Crippen MR) is 66.0 cm³/mol. The highest BCUT2D eigenvalue weighted by Gasteiger charge is 2.25. The van der Waals surface area contributed by atoms with Gasteiger partial charge in [0.05, 0.1) is 11.6 Å². The Labute approximate surface area is 98.6 Å². The molecule has 0 aromatic rings. The van der Waals surface area contributed by atoms with E-state index >= 15 is 0 Å². The normalized spacial score (nSPS) is 13.6. The minimum Gasteiger partial charge on any atom is -0.391 e. The minimum absolute atomic E-state index is 0.0126. The van der Waals surface area contributed by atoms with Gasteiger partial charge in [-0.1, -0.05) is 12.8 Å². The number of nitrogens with one attached hydrogen (secondary N) is 1. The molecule has 0 fully saturated rings. The summed E-state index contributed by atoms with van der Waals surface area (Å²) in [7, 11) is 0. The Morgan fingerprint density at radius 2 is 1.88 bits per heavy atom. The van der Waals surface area contributed by atoms with E-state index in [9.17, 15) is 9.90 Å². The molecular weight excluding hydrogens is 204 g/mol. The van der Waals surface area contributed by atoms with Crippen LogP contribution in [0.2, 0.25) is 0 Å². The SMILES string of the molecule is CC(O)C(C)(C)NC(=O)CCCCCCN. The number of hydrogen-bond donors (Lipinski definition) is 3. The van der Waals surface area contributed by atoms with Gasteiger partial charge in [0.2, 0.25) is 5.91 Å². The first-order valence-electron chi connectivity index (χ1n) is 6.09. The Morgan fingerprint density at radius 3 is 2.38 bits per heavy atom. The van der Waals surface area contributed by atoms with Crippen molar-refractivity contribution in [2.75, 3.05) is 6.54 Å². The van der Waals surface area contributed by atoms with Crippen LogP contribution in [-0.4, -0.2) is 29.2 Å². The molecule has 0 saturated carbocycles. The average Bonchev–Trinajstić information content (AvgIpc) is 2.16. The van der Waals surface area contributed by atoms with Gasteiger partial charge < -0.3 is 16.2 Å². The highest BCUT2D eigenvalue weighted by atomic mass is 16.3. The summed E-state index contributed by atoms with van der Waals surface area (Å²) >= 11 is 0. The number of amides is 1. The monoisotopic (exact) mass is 230 g/mol. The highest BCUT2D eigenvalue weighted by molar-refractivity contribution is 5.76. The fourth-order valence-corrected chi connectivity index (χ4v) is 1.31. The van der Waals surface area contributed by atoms with Gasteiger partial charge >= 0.3 is 0 Å². The van der Waals surface area contributed by atoms with Crippen LogP contribution in [0.4, 0.5) is 0 Å². The molecule has 0 aromatic heterocycles. The van der Waals surface area contributed by atoms with Gasteiger partial charge in [0, 0.05) is 6.42 Å². The molecule has 1 unspecified atom stereocenters. The van der Waals surface area contributed by atoms with Gasteiger partial charge in [0.25, 0.3) is 0 Å². The van der Waals surface area contributed by atoms with E-state index in [1.165, 1.54) is 0 Å². The van der Waals surface area contributed by atoms with E-state index < -0.39 is 11.6 Å². The lowest BCUT2D eigenvalue weighted by atomic mass is 9.98. The van der Waals surface area contributed by atoms with Crippen molar-refractivity contribution >= 4 is 5.91 Å². The summed E-state index contributed by atoms with van der Waals surface area (Å²) in [5, 5.41) is 12.3. The third-order valence-electron chi connectivity index (χ3n) is 2.86. The zero-order valence-electron chi connectivity index (χ0n) is 10.8. The number of unbranched alkanes of at least 4 members (excludes halogenated alkanes) is 3. The first-order chi connectivity index (χ1) is 7.40. The number of carbonyl (C=O) groups is 1. The number of nitrogens with two attached hydrogens (primary N) is 1. The van der Waals surface area contributed by atoms with Gasteiger partial charge in [-0.3, -0.25) is 4.79 Å². The standard InChI is InChI=1S/C12H26N2O2/c1-10(15)12(2,3)14-11(16)8-6-4-5-7-9-13/h10,15H,4-9,13H2,1-3H3,(H,14,16). The van der Waals surface area contributed by atoms with Crippen LogP contribution >= 0.6 is 0 Å². The molecule has 1 amide bonds. The van der Waals surface area contributed by atoms with Gasteiger partial charge in [-0.25, -0.2) is 0 Å². The van der Waals surface area contributed by atoms with Crippen LogP contribution in [0.1, 0.15) is 52.9 Å². The minimum atomic E-state index is -0.548. The molecule has 16 heavy (non-hydrogen) atoms. The van der Waals surface area contributed by atoms with Crippen molar-refractivity contribution < 1.29 is 9.90 Å². The molecule has 0 heterocycles. The molecule has 0 aliphatic carbocycles. The molecule has 4 N–H and O–H groups in total. The fourth-order valence-electron chi connectivity index (χ4n) is 1.31. The molecule has 0 saturated heterocycles. The maximum absolute atomic E-state index is 11.5. The number of aliphatic hydroxyl groups is 1. The average molecular weight is 230 g/mol. The molecule has 0 spiro atoms. The summed E-state index contributed by atoms with van der Waals surface area (Å²) in [5.41, 5.74) is 4.83. The lowest BCUT2D eigenvalue weighted by Gasteiger charge is -2.29. The number of carbonyl (C=O) groups excluding carboxylic acids is 1. The molecule has 1 atom stereocenters. The van der Waals surface area contributed by atoms with Crippen molar-refractivity contribution in [1.29, 1.82) is 0 Å². The molecule has 0 aliphatic heterocycles. The molecule has 0 bridgehead atoms. The van der Waals surface area contributed by atoms with Gasteiger partial charge in [-0.2, -0.15) is 0 Å². The summed E-state index contributed by atoms with van der Waals surface area (Å²) < 4.78 is 0. The van der Waals surface area contributed by atoms with Crippen LogP contribution in [0.25, 0.3) is 0 Å². The second-order valence-corrected chi connectivity index (χ2v) is 4.90. The summed E-state index contributed by atoms with van der Waals surface area (Å²) in [6, 6.07) is 0. The second-order valence-electron chi connectivity index (χ2n) is 4.90. The van der Waals surface area contributed by atoms with E-state index in [1.807, 2.05) is 13.8 Å². The smallest absolute Gasteiger partial charge is 0.220 e. The van der Waals surface area contributed by atoms with Crippen LogP contribution in [-0.2, 0) is 4.79 Å². The highest BCUT2D eigenvalue weighted by Crippen LogP contribution is 2.09.